The van der Waals surface area contributed by atoms with E-state index < -0.39 is 4.92 Å². The summed E-state index contributed by atoms with van der Waals surface area (Å²) in [5.41, 5.74) is 0.971. The molecule has 1 unspecified atom stereocenters. The minimum atomic E-state index is -0.433. The summed E-state index contributed by atoms with van der Waals surface area (Å²) in [7, 11) is 0. The molecule has 6 heteroatoms. The average molecular weight is 265 g/mol. The molecule has 1 rings (SSSR count). The molecule has 0 fully saturated rings. The number of benzene rings is 1. The van der Waals surface area contributed by atoms with Gasteiger partial charge in [0.15, 0.2) is 0 Å². The second-order valence-corrected chi connectivity index (χ2v) is 4.32. The van der Waals surface area contributed by atoms with Crippen LogP contribution in [0.4, 0.5) is 5.69 Å². The Hall–Kier alpha value is -1.95. The van der Waals surface area contributed by atoms with Crippen LogP contribution in [0.15, 0.2) is 24.3 Å². The van der Waals surface area contributed by atoms with E-state index in [0.29, 0.717) is 13.1 Å². The molecule has 0 spiro atoms. The summed E-state index contributed by atoms with van der Waals surface area (Å²) < 4.78 is 0. The molecular weight excluding hydrogens is 246 g/mol. The predicted molar refractivity (Wildman–Crippen MR) is 72.7 cm³/mol. The van der Waals surface area contributed by atoms with Crippen LogP contribution in [0.5, 0.6) is 0 Å². The number of nitro groups is 1. The first-order chi connectivity index (χ1) is 9.04. The second-order valence-electron chi connectivity index (χ2n) is 4.32. The number of nitro benzene ring substituents is 1. The lowest BCUT2D eigenvalue weighted by Crippen LogP contribution is -2.42. The van der Waals surface area contributed by atoms with Crippen LogP contribution in [0.2, 0.25) is 0 Å². The first-order valence-electron chi connectivity index (χ1n) is 6.29. The number of amides is 1. The predicted octanol–water partition coefficient (Wildman–Crippen LogP) is 1.60. The molecule has 0 aromatic heterocycles. The van der Waals surface area contributed by atoms with Gasteiger partial charge < -0.3 is 10.6 Å². The van der Waals surface area contributed by atoms with Crippen molar-refractivity contribution in [2.24, 2.45) is 0 Å². The summed E-state index contributed by atoms with van der Waals surface area (Å²) >= 11 is 0. The van der Waals surface area contributed by atoms with Crippen LogP contribution in [0.25, 0.3) is 0 Å². The average Bonchev–Trinajstić information content (AvgIpc) is 2.42. The Kier molecular flexibility index (Phi) is 5.95. The fourth-order valence-corrected chi connectivity index (χ4v) is 1.50. The lowest BCUT2D eigenvalue weighted by Gasteiger charge is -2.13. The molecule has 1 atom stereocenters. The van der Waals surface area contributed by atoms with Gasteiger partial charge in [0.1, 0.15) is 0 Å². The van der Waals surface area contributed by atoms with E-state index in [-0.39, 0.29) is 17.6 Å². The zero-order valence-corrected chi connectivity index (χ0v) is 11.2. The first-order valence-corrected chi connectivity index (χ1v) is 6.29. The summed E-state index contributed by atoms with van der Waals surface area (Å²) in [4.78, 5) is 21.7. The van der Waals surface area contributed by atoms with Crippen molar-refractivity contribution in [2.45, 2.75) is 32.9 Å². The highest BCUT2D eigenvalue weighted by Crippen LogP contribution is 2.11. The van der Waals surface area contributed by atoms with Crippen molar-refractivity contribution in [1.82, 2.24) is 10.6 Å². The Morgan fingerprint density at radius 1 is 1.37 bits per heavy atom. The van der Waals surface area contributed by atoms with E-state index in [9.17, 15) is 14.9 Å². The van der Waals surface area contributed by atoms with Crippen LogP contribution in [-0.4, -0.2) is 23.4 Å². The van der Waals surface area contributed by atoms with Crippen molar-refractivity contribution in [1.29, 1.82) is 0 Å². The molecule has 0 bridgehead atoms. The van der Waals surface area contributed by atoms with E-state index in [2.05, 4.69) is 10.6 Å². The van der Waals surface area contributed by atoms with E-state index in [1.807, 2.05) is 6.92 Å². The number of non-ortho nitro benzene ring substituents is 1. The van der Waals surface area contributed by atoms with Gasteiger partial charge >= 0.3 is 0 Å². The van der Waals surface area contributed by atoms with Crippen LogP contribution >= 0.6 is 0 Å². The highest BCUT2D eigenvalue weighted by atomic mass is 16.6. The normalized spacial score (nSPS) is 11.9. The number of carbonyl (C=O) groups excluding carboxylic acids is 1. The molecule has 0 saturated carbocycles. The number of hydrogen-bond acceptors (Lipinski definition) is 4. The Morgan fingerprint density at radius 3 is 2.53 bits per heavy atom. The number of nitrogens with one attached hydrogen (secondary N) is 2. The molecule has 6 nitrogen and oxygen atoms in total. The van der Waals surface area contributed by atoms with Gasteiger partial charge in [-0.2, -0.15) is 0 Å². The summed E-state index contributed by atoms with van der Waals surface area (Å²) in [5.74, 6) is -0.0382. The Morgan fingerprint density at radius 2 is 2.00 bits per heavy atom. The van der Waals surface area contributed by atoms with Gasteiger partial charge in [0.2, 0.25) is 5.91 Å². The summed E-state index contributed by atoms with van der Waals surface area (Å²) in [6.07, 6.45) is 0.904. The number of rotatable bonds is 7. The minimum absolute atomic E-state index is 0.0382. The quantitative estimate of drug-likeness (QED) is 0.579. The molecule has 1 amide bonds. The highest BCUT2D eigenvalue weighted by Gasteiger charge is 2.11. The molecule has 1 aromatic carbocycles. The van der Waals surface area contributed by atoms with E-state index >= 15 is 0 Å². The Labute approximate surface area is 112 Å². The summed E-state index contributed by atoms with van der Waals surface area (Å²) in [5, 5.41) is 16.4. The minimum Gasteiger partial charge on any atom is -0.355 e. The molecule has 0 aliphatic rings. The number of carbonyl (C=O) groups is 1. The van der Waals surface area contributed by atoms with Gasteiger partial charge in [0.25, 0.3) is 5.69 Å². The fourth-order valence-electron chi connectivity index (χ4n) is 1.50. The molecule has 0 radical (unpaired) electrons. The van der Waals surface area contributed by atoms with Gasteiger partial charge in [-0.3, -0.25) is 14.9 Å². The molecular formula is C13H19N3O3. The Bertz CT molecular complexity index is 431. The second kappa shape index (κ2) is 7.48. The van der Waals surface area contributed by atoms with Crippen LogP contribution in [0.3, 0.4) is 0 Å². The van der Waals surface area contributed by atoms with Crippen molar-refractivity contribution in [3.05, 3.63) is 39.9 Å². The molecule has 0 aliphatic heterocycles. The third-order valence-corrected chi connectivity index (χ3v) is 2.70. The van der Waals surface area contributed by atoms with Crippen LogP contribution in [-0.2, 0) is 11.3 Å². The van der Waals surface area contributed by atoms with Gasteiger partial charge in [0, 0.05) is 25.2 Å². The van der Waals surface area contributed by atoms with Crippen molar-refractivity contribution in [2.75, 3.05) is 6.54 Å². The van der Waals surface area contributed by atoms with Gasteiger partial charge in [-0.05, 0) is 18.9 Å². The smallest absolute Gasteiger partial charge is 0.269 e. The van der Waals surface area contributed by atoms with Crippen LogP contribution in [0.1, 0.15) is 25.8 Å². The highest BCUT2D eigenvalue weighted by molar-refractivity contribution is 5.81. The largest absolute Gasteiger partial charge is 0.355 e. The molecule has 2 N–H and O–H groups in total. The summed E-state index contributed by atoms with van der Waals surface area (Å²) in [6, 6.07) is 5.99. The van der Waals surface area contributed by atoms with E-state index in [1.165, 1.54) is 12.1 Å². The van der Waals surface area contributed by atoms with Crippen molar-refractivity contribution >= 4 is 11.6 Å². The lowest BCUT2D eigenvalue weighted by atomic mass is 10.2. The molecule has 1 aromatic rings. The number of nitrogens with zero attached hydrogens (tertiary/aromatic N) is 1. The van der Waals surface area contributed by atoms with Crippen LogP contribution in [0, 0.1) is 10.1 Å². The fraction of sp³-hybridized carbons (Fsp3) is 0.462. The molecule has 0 aliphatic carbocycles. The van der Waals surface area contributed by atoms with Gasteiger partial charge in [-0.1, -0.05) is 19.1 Å². The maximum atomic E-state index is 11.6. The third-order valence-electron chi connectivity index (χ3n) is 2.70. The van der Waals surface area contributed by atoms with E-state index in [1.54, 1.807) is 19.1 Å². The zero-order chi connectivity index (χ0) is 14.3. The maximum absolute atomic E-state index is 11.6. The Balaban J connectivity index is 2.43. The maximum Gasteiger partial charge on any atom is 0.269 e. The van der Waals surface area contributed by atoms with Crippen molar-refractivity contribution in [3.63, 3.8) is 0 Å². The molecule has 0 heterocycles. The van der Waals surface area contributed by atoms with Crippen molar-refractivity contribution in [3.8, 4) is 0 Å². The topological polar surface area (TPSA) is 84.3 Å². The van der Waals surface area contributed by atoms with Gasteiger partial charge in [-0.25, -0.2) is 0 Å². The standard InChI is InChI=1S/C13H19N3O3/c1-3-8-14-13(17)10(2)15-9-11-4-6-12(7-5-11)16(18)19/h4-7,10,15H,3,8-9H2,1-2H3,(H,14,17). The SMILES string of the molecule is CCCNC(=O)C(C)NCc1ccc([N+](=O)[O-])cc1. The molecule has 19 heavy (non-hydrogen) atoms. The molecule has 0 saturated heterocycles. The first kappa shape index (κ1) is 15.1. The lowest BCUT2D eigenvalue weighted by molar-refractivity contribution is -0.384. The van der Waals surface area contributed by atoms with Gasteiger partial charge in [-0.15, -0.1) is 0 Å². The monoisotopic (exact) mass is 265 g/mol. The molecule has 104 valence electrons. The van der Waals surface area contributed by atoms with E-state index in [0.717, 1.165) is 12.0 Å². The third kappa shape index (κ3) is 5.05. The van der Waals surface area contributed by atoms with Crippen molar-refractivity contribution < 1.29 is 9.72 Å². The van der Waals surface area contributed by atoms with E-state index in [4.69, 9.17) is 0 Å². The summed E-state index contributed by atoms with van der Waals surface area (Å²) in [6.45, 7) is 4.95. The number of hydrogen-bond donors (Lipinski definition) is 2. The van der Waals surface area contributed by atoms with Gasteiger partial charge in [0.05, 0.1) is 11.0 Å². The zero-order valence-electron chi connectivity index (χ0n) is 11.2. The van der Waals surface area contributed by atoms with Crippen LogP contribution < -0.4 is 10.6 Å².